The molecule has 0 aliphatic carbocycles. The zero-order valence-corrected chi connectivity index (χ0v) is 13.9. The van der Waals surface area contributed by atoms with E-state index in [-0.39, 0.29) is 11.2 Å². The summed E-state index contributed by atoms with van der Waals surface area (Å²) in [4.78, 5) is 16.1. The summed E-state index contributed by atoms with van der Waals surface area (Å²) in [7, 11) is -3.08. The van der Waals surface area contributed by atoms with Crippen LogP contribution in [-0.4, -0.2) is 19.7 Å². The number of thiazole rings is 1. The second-order valence-electron chi connectivity index (χ2n) is 5.15. The van der Waals surface area contributed by atoms with Crippen molar-refractivity contribution >= 4 is 37.8 Å². The van der Waals surface area contributed by atoms with Crippen molar-refractivity contribution in [3.05, 3.63) is 56.8 Å². The third-order valence-electron chi connectivity index (χ3n) is 3.12. The van der Waals surface area contributed by atoms with Crippen LogP contribution in [0.3, 0.4) is 0 Å². The van der Waals surface area contributed by atoms with Crippen molar-refractivity contribution in [1.29, 1.82) is 0 Å². The van der Waals surface area contributed by atoms with Gasteiger partial charge in [0.05, 0.1) is 23.9 Å². The monoisotopic (exact) mass is 350 g/mol. The van der Waals surface area contributed by atoms with Crippen molar-refractivity contribution in [2.75, 3.05) is 11.6 Å². The van der Waals surface area contributed by atoms with Gasteiger partial charge < -0.3 is 9.73 Å². The van der Waals surface area contributed by atoms with E-state index in [0.29, 0.717) is 22.5 Å². The lowest BCUT2D eigenvalue weighted by atomic mass is 10.2. The predicted octanol–water partition coefficient (Wildman–Crippen LogP) is 2.41. The standard InChI is InChI=1S/C15H14N2O4S2/c1-23(19,20)9-15-17-11(8-22-15)7-16-10-2-3-14-12(6-10)13(18)4-5-21-14/h2-6,8,16H,7,9H2,1H3. The Balaban J connectivity index is 1.73. The van der Waals surface area contributed by atoms with E-state index in [2.05, 4.69) is 10.3 Å². The highest BCUT2D eigenvalue weighted by molar-refractivity contribution is 7.90. The van der Waals surface area contributed by atoms with E-state index in [1.165, 1.54) is 29.9 Å². The zero-order valence-electron chi connectivity index (χ0n) is 12.3. The number of hydrogen-bond donors (Lipinski definition) is 1. The maximum atomic E-state index is 11.8. The molecule has 0 unspecified atom stereocenters. The predicted molar refractivity (Wildman–Crippen MR) is 90.5 cm³/mol. The van der Waals surface area contributed by atoms with E-state index in [9.17, 15) is 13.2 Å². The van der Waals surface area contributed by atoms with Crippen molar-refractivity contribution in [3.8, 4) is 0 Å². The molecule has 0 atom stereocenters. The topological polar surface area (TPSA) is 89.3 Å². The number of nitrogens with one attached hydrogen (secondary N) is 1. The number of anilines is 1. The summed E-state index contributed by atoms with van der Waals surface area (Å²) in [6, 6.07) is 6.65. The number of rotatable bonds is 5. The summed E-state index contributed by atoms with van der Waals surface area (Å²) in [5.41, 5.74) is 1.97. The van der Waals surface area contributed by atoms with E-state index in [0.717, 1.165) is 11.4 Å². The summed E-state index contributed by atoms with van der Waals surface area (Å²) < 4.78 is 27.8. The normalized spacial score (nSPS) is 11.7. The van der Waals surface area contributed by atoms with Gasteiger partial charge in [0.25, 0.3) is 0 Å². The highest BCUT2D eigenvalue weighted by atomic mass is 32.2. The molecule has 2 heterocycles. The molecule has 8 heteroatoms. The van der Waals surface area contributed by atoms with Gasteiger partial charge in [-0.3, -0.25) is 4.79 Å². The average Bonchev–Trinajstić information content (AvgIpc) is 2.91. The molecule has 6 nitrogen and oxygen atoms in total. The first-order valence-corrected chi connectivity index (χ1v) is 9.71. The van der Waals surface area contributed by atoms with Gasteiger partial charge in [0.15, 0.2) is 15.3 Å². The fraction of sp³-hybridized carbons (Fsp3) is 0.200. The lowest BCUT2D eigenvalue weighted by Gasteiger charge is -2.05. The van der Waals surface area contributed by atoms with Gasteiger partial charge in [-0.25, -0.2) is 13.4 Å². The Kier molecular flexibility index (Phi) is 4.18. The summed E-state index contributed by atoms with van der Waals surface area (Å²) in [5.74, 6) is -0.0469. The Hall–Kier alpha value is -2.19. The molecule has 0 amide bonds. The largest absolute Gasteiger partial charge is 0.464 e. The summed E-state index contributed by atoms with van der Waals surface area (Å²) >= 11 is 1.32. The summed E-state index contributed by atoms with van der Waals surface area (Å²) in [6.07, 6.45) is 2.56. The smallest absolute Gasteiger partial charge is 0.192 e. The average molecular weight is 350 g/mol. The molecule has 0 saturated carbocycles. The summed E-state index contributed by atoms with van der Waals surface area (Å²) in [6.45, 7) is 0.448. The maximum absolute atomic E-state index is 11.8. The second-order valence-corrected chi connectivity index (χ2v) is 8.23. The highest BCUT2D eigenvalue weighted by Gasteiger charge is 2.09. The van der Waals surface area contributed by atoms with Crippen LogP contribution in [0.5, 0.6) is 0 Å². The molecule has 0 aliphatic heterocycles. The molecule has 3 rings (SSSR count). The van der Waals surface area contributed by atoms with Gasteiger partial charge in [-0.2, -0.15) is 0 Å². The fourth-order valence-corrected chi connectivity index (χ4v) is 4.11. The Bertz CT molecular complexity index is 1010. The Labute approximate surface area is 136 Å². The van der Waals surface area contributed by atoms with E-state index >= 15 is 0 Å². The number of sulfone groups is 1. The molecule has 1 aromatic carbocycles. The minimum absolute atomic E-state index is 0.0469. The van der Waals surface area contributed by atoms with Crippen LogP contribution in [-0.2, 0) is 22.1 Å². The third-order valence-corrected chi connectivity index (χ3v) is 5.00. The van der Waals surface area contributed by atoms with Crippen LogP contribution in [0.1, 0.15) is 10.7 Å². The zero-order chi connectivity index (χ0) is 16.4. The van der Waals surface area contributed by atoms with E-state index in [4.69, 9.17) is 4.42 Å². The number of hydrogen-bond acceptors (Lipinski definition) is 7. The van der Waals surface area contributed by atoms with Crippen molar-refractivity contribution < 1.29 is 12.8 Å². The van der Waals surface area contributed by atoms with Gasteiger partial charge in [-0.05, 0) is 18.2 Å². The lowest BCUT2D eigenvalue weighted by Crippen LogP contribution is -2.03. The van der Waals surface area contributed by atoms with Crippen molar-refractivity contribution in [3.63, 3.8) is 0 Å². The number of benzene rings is 1. The second kappa shape index (κ2) is 6.13. The minimum Gasteiger partial charge on any atom is -0.464 e. The molecule has 0 aliphatic rings. The van der Waals surface area contributed by atoms with Crippen LogP contribution in [0.4, 0.5) is 5.69 Å². The first-order chi connectivity index (χ1) is 10.9. The number of aromatic nitrogens is 1. The SMILES string of the molecule is CS(=O)(=O)Cc1nc(CNc2ccc3occc(=O)c3c2)cs1. The highest BCUT2D eigenvalue weighted by Crippen LogP contribution is 2.18. The van der Waals surface area contributed by atoms with Gasteiger partial charge in [-0.1, -0.05) is 0 Å². The number of fused-ring (bicyclic) bond motifs is 1. The van der Waals surface area contributed by atoms with Gasteiger partial charge >= 0.3 is 0 Å². The minimum atomic E-state index is -3.08. The van der Waals surface area contributed by atoms with Gasteiger partial charge in [0.2, 0.25) is 0 Å². The van der Waals surface area contributed by atoms with Crippen LogP contribution < -0.4 is 10.7 Å². The quantitative estimate of drug-likeness (QED) is 0.760. The van der Waals surface area contributed by atoms with E-state index < -0.39 is 9.84 Å². The molecule has 2 aromatic heterocycles. The molecule has 0 fully saturated rings. The van der Waals surface area contributed by atoms with Gasteiger partial charge in [0, 0.05) is 23.4 Å². The Morgan fingerprint density at radius 3 is 2.91 bits per heavy atom. The van der Waals surface area contributed by atoms with Gasteiger partial charge in [-0.15, -0.1) is 11.3 Å². The summed E-state index contributed by atoms with van der Waals surface area (Å²) in [5, 5.41) is 6.07. The van der Waals surface area contributed by atoms with Crippen molar-refractivity contribution in [1.82, 2.24) is 4.98 Å². The first kappa shape index (κ1) is 15.7. The lowest BCUT2D eigenvalue weighted by molar-refractivity contribution is 0.600. The molecule has 1 N–H and O–H groups in total. The van der Waals surface area contributed by atoms with E-state index in [1.54, 1.807) is 12.1 Å². The molecule has 0 radical (unpaired) electrons. The Morgan fingerprint density at radius 2 is 2.13 bits per heavy atom. The molecule has 0 bridgehead atoms. The molecular weight excluding hydrogens is 336 g/mol. The molecule has 0 spiro atoms. The van der Waals surface area contributed by atoms with Crippen molar-refractivity contribution in [2.24, 2.45) is 0 Å². The van der Waals surface area contributed by atoms with Crippen LogP contribution in [0.2, 0.25) is 0 Å². The van der Waals surface area contributed by atoms with Crippen LogP contribution >= 0.6 is 11.3 Å². The first-order valence-electron chi connectivity index (χ1n) is 6.77. The molecule has 0 saturated heterocycles. The fourth-order valence-electron chi connectivity index (χ4n) is 2.11. The third kappa shape index (κ3) is 3.96. The van der Waals surface area contributed by atoms with Crippen LogP contribution in [0, 0.1) is 0 Å². The van der Waals surface area contributed by atoms with Crippen LogP contribution in [0.15, 0.2) is 45.1 Å². The Morgan fingerprint density at radius 1 is 1.30 bits per heavy atom. The van der Waals surface area contributed by atoms with E-state index in [1.807, 2.05) is 11.4 Å². The number of nitrogens with zero attached hydrogens (tertiary/aromatic N) is 1. The molecular formula is C15H14N2O4S2. The molecule has 23 heavy (non-hydrogen) atoms. The van der Waals surface area contributed by atoms with Crippen LogP contribution in [0.25, 0.3) is 11.0 Å². The maximum Gasteiger partial charge on any atom is 0.192 e. The molecule has 3 aromatic rings. The molecule has 120 valence electrons. The van der Waals surface area contributed by atoms with Gasteiger partial charge in [0.1, 0.15) is 16.3 Å². The van der Waals surface area contributed by atoms with Crippen molar-refractivity contribution in [2.45, 2.75) is 12.3 Å².